The van der Waals surface area contributed by atoms with Crippen LogP contribution >= 0.6 is 11.8 Å². The Labute approximate surface area is 157 Å². The van der Waals surface area contributed by atoms with Crippen LogP contribution in [0.5, 0.6) is 11.5 Å². The molecule has 5 heteroatoms. The molecule has 1 N–H and O–H groups in total. The van der Waals surface area contributed by atoms with Gasteiger partial charge in [0.25, 0.3) is 0 Å². The molecule has 0 atom stereocenters. The molecule has 26 heavy (non-hydrogen) atoms. The lowest BCUT2D eigenvalue weighted by Crippen LogP contribution is -2.12. The Bertz CT molecular complexity index is 1010. The molecule has 0 unspecified atom stereocenters. The van der Waals surface area contributed by atoms with E-state index in [1.165, 1.54) is 21.6 Å². The van der Waals surface area contributed by atoms with E-state index in [1.54, 1.807) is 7.11 Å². The second-order valence-electron chi connectivity index (χ2n) is 6.99. The highest BCUT2D eigenvalue weighted by Crippen LogP contribution is 2.44. The van der Waals surface area contributed by atoms with Gasteiger partial charge in [0.15, 0.2) is 11.5 Å². The van der Waals surface area contributed by atoms with Crippen LogP contribution in [-0.4, -0.2) is 36.2 Å². The van der Waals surface area contributed by atoms with Gasteiger partial charge in [0.05, 0.1) is 18.3 Å². The molecule has 0 amide bonds. The first-order valence-corrected chi connectivity index (χ1v) is 9.57. The van der Waals surface area contributed by atoms with Crippen molar-refractivity contribution >= 4 is 22.7 Å². The third-order valence-electron chi connectivity index (χ3n) is 4.71. The van der Waals surface area contributed by atoms with E-state index in [9.17, 15) is 5.11 Å². The van der Waals surface area contributed by atoms with E-state index in [0.29, 0.717) is 12.3 Å². The molecule has 0 radical (unpaired) electrons. The van der Waals surface area contributed by atoms with Crippen LogP contribution in [0.1, 0.15) is 16.7 Å². The van der Waals surface area contributed by atoms with E-state index in [4.69, 9.17) is 9.72 Å². The van der Waals surface area contributed by atoms with Crippen LogP contribution in [0.15, 0.2) is 35.2 Å². The van der Waals surface area contributed by atoms with Gasteiger partial charge in [-0.05, 0) is 44.8 Å². The van der Waals surface area contributed by atoms with Gasteiger partial charge in [-0.3, -0.25) is 0 Å². The summed E-state index contributed by atoms with van der Waals surface area (Å²) in [4.78, 5) is 8.31. The number of methoxy groups -OCH3 is 1. The molecule has 0 fully saturated rings. The number of thioether (sulfide) groups is 1. The Balaban J connectivity index is 2.00. The highest BCUT2D eigenvalue weighted by atomic mass is 32.2. The molecular weight excluding hydrogens is 344 g/mol. The van der Waals surface area contributed by atoms with E-state index in [2.05, 4.69) is 31.2 Å². The van der Waals surface area contributed by atoms with Crippen molar-refractivity contribution in [3.8, 4) is 22.8 Å². The molecule has 2 aromatic carbocycles. The second kappa shape index (κ2) is 6.49. The molecule has 3 aromatic rings. The second-order valence-corrected chi connectivity index (χ2v) is 8.01. The molecule has 4 nitrogen and oxygen atoms in total. The topological polar surface area (TPSA) is 45.6 Å². The van der Waals surface area contributed by atoms with Gasteiger partial charge in [-0.1, -0.05) is 11.6 Å². The van der Waals surface area contributed by atoms with Gasteiger partial charge in [0, 0.05) is 39.8 Å². The van der Waals surface area contributed by atoms with Gasteiger partial charge < -0.3 is 14.7 Å². The van der Waals surface area contributed by atoms with E-state index in [-0.39, 0.29) is 5.75 Å². The largest absolute Gasteiger partial charge is 0.504 e. The van der Waals surface area contributed by atoms with Gasteiger partial charge >= 0.3 is 0 Å². The molecule has 1 aromatic heterocycles. The zero-order chi connectivity index (χ0) is 18.4. The van der Waals surface area contributed by atoms with Gasteiger partial charge in [-0.2, -0.15) is 0 Å². The summed E-state index contributed by atoms with van der Waals surface area (Å²) in [6, 6.07) is 10.6. The van der Waals surface area contributed by atoms with Crippen LogP contribution in [0.4, 0.5) is 0 Å². The normalized spacial score (nSPS) is 13.0. The minimum atomic E-state index is 0.204. The fraction of sp³-hybridized carbons (Fsp3) is 0.286. The lowest BCUT2D eigenvalue weighted by atomic mass is 9.99. The number of phenols is 1. The van der Waals surface area contributed by atoms with Crippen molar-refractivity contribution in [1.29, 1.82) is 0 Å². The Morgan fingerprint density at radius 2 is 2.04 bits per heavy atom. The molecule has 1 aliphatic rings. The average Bonchev–Trinajstić information content (AvgIpc) is 2.62. The number of ether oxygens (including phenoxy) is 1. The SMILES string of the molecule is COc1cc2nc3c(cc2c(CN(C)C)c1O)CSc1ccc(C)cc1-3. The molecule has 1 aliphatic heterocycles. The number of aromatic nitrogens is 1. The van der Waals surface area contributed by atoms with Crippen LogP contribution in [0, 0.1) is 6.92 Å². The Kier molecular flexibility index (Phi) is 4.29. The van der Waals surface area contributed by atoms with Crippen molar-refractivity contribution in [3.05, 3.63) is 47.0 Å². The number of pyridine rings is 1. The summed E-state index contributed by atoms with van der Waals surface area (Å²) in [7, 11) is 5.56. The quantitative estimate of drug-likeness (QED) is 0.734. The minimum absolute atomic E-state index is 0.204. The number of hydrogen-bond acceptors (Lipinski definition) is 5. The molecule has 0 bridgehead atoms. The summed E-state index contributed by atoms with van der Waals surface area (Å²) in [6.07, 6.45) is 0. The molecule has 0 spiro atoms. The first-order valence-electron chi connectivity index (χ1n) is 8.59. The number of benzene rings is 2. The van der Waals surface area contributed by atoms with Crippen LogP contribution in [-0.2, 0) is 12.3 Å². The highest BCUT2D eigenvalue weighted by molar-refractivity contribution is 7.98. The average molecular weight is 366 g/mol. The number of nitrogens with zero attached hydrogens (tertiary/aromatic N) is 2. The third-order valence-corrected chi connectivity index (χ3v) is 5.83. The maximum absolute atomic E-state index is 10.6. The van der Waals surface area contributed by atoms with Crippen LogP contribution in [0.25, 0.3) is 22.2 Å². The molecule has 2 heterocycles. The maximum Gasteiger partial charge on any atom is 0.163 e. The van der Waals surface area contributed by atoms with E-state index in [1.807, 2.05) is 36.8 Å². The monoisotopic (exact) mass is 366 g/mol. The Hall–Kier alpha value is -2.24. The summed E-state index contributed by atoms with van der Waals surface area (Å²) < 4.78 is 5.40. The van der Waals surface area contributed by atoms with Crippen LogP contribution < -0.4 is 4.74 Å². The Morgan fingerprint density at radius 1 is 1.23 bits per heavy atom. The van der Waals surface area contributed by atoms with Crippen molar-refractivity contribution in [1.82, 2.24) is 9.88 Å². The van der Waals surface area contributed by atoms with Gasteiger partial charge in [-0.15, -0.1) is 11.8 Å². The number of hydrogen-bond donors (Lipinski definition) is 1. The van der Waals surface area contributed by atoms with E-state index < -0.39 is 0 Å². The van der Waals surface area contributed by atoms with Crippen LogP contribution in [0.3, 0.4) is 0 Å². The summed E-state index contributed by atoms with van der Waals surface area (Å²) in [6.45, 7) is 2.74. The Morgan fingerprint density at radius 3 is 2.77 bits per heavy atom. The first-order chi connectivity index (χ1) is 12.5. The summed E-state index contributed by atoms with van der Waals surface area (Å²) in [5, 5.41) is 11.6. The molecule has 134 valence electrons. The first kappa shape index (κ1) is 17.2. The summed E-state index contributed by atoms with van der Waals surface area (Å²) >= 11 is 1.84. The zero-order valence-electron chi connectivity index (χ0n) is 15.5. The van der Waals surface area contributed by atoms with Gasteiger partial charge in [0.2, 0.25) is 0 Å². The number of rotatable bonds is 3. The van der Waals surface area contributed by atoms with E-state index in [0.717, 1.165) is 27.9 Å². The summed E-state index contributed by atoms with van der Waals surface area (Å²) in [5.74, 6) is 1.56. The number of aryl methyl sites for hydroxylation is 1. The maximum atomic E-state index is 10.6. The minimum Gasteiger partial charge on any atom is -0.504 e. The molecule has 4 rings (SSSR count). The van der Waals surface area contributed by atoms with Crippen molar-refractivity contribution in [2.24, 2.45) is 0 Å². The van der Waals surface area contributed by atoms with Crippen LogP contribution in [0.2, 0.25) is 0 Å². The molecule has 0 saturated heterocycles. The zero-order valence-corrected chi connectivity index (χ0v) is 16.3. The fourth-order valence-corrected chi connectivity index (χ4v) is 4.48. The van der Waals surface area contributed by atoms with Gasteiger partial charge in [0.1, 0.15) is 0 Å². The van der Waals surface area contributed by atoms with Crippen molar-refractivity contribution in [3.63, 3.8) is 0 Å². The fourth-order valence-electron chi connectivity index (χ4n) is 3.47. The lowest BCUT2D eigenvalue weighted by Gasteiger charge is -2.22. The van der Waals surface area contributed by atoms with Crippen molar-refractivity contribution < 1.29 is 9.84 Å². The standard InChI is InChI=1S/C21H22N2O2S/c1-12-5-6-19-15(7-12)20-13(11-26-19)8-14-16(10-23(2)3)21(24)18(25-4)9-17(14)22-20/h5-9,24H,10-11H2,1-4H3. The smallest absolute Gasteiger partial charge is 0.163 e. The molecular formula is C21H22N2O2S. The number of phenolic OH excluding ortho intramolecular Hbond substituents is 1. The predicted octanol–water partition coefficient (Wildman–Crippen LogP) is 4.59. The molecule has 0 aliphatic carbocycles. The third kappa shape index (κ3) is 2.81. The van der Waals surface area contributed by atoms with E-state index >= 15 is 0 Å². The highest BCUT2D eigenvalue weighted by Gasteiger charge is 2.22. The molecule has 0 saturated carbocycles. The van der Waals surface area contributed by atoms with Gasteiger partial charge in [-0.25, -0.2) is 4.98 Å². The van der Waals surface area contributed by atoms with Crippen molar-refractivity contribution in [2.45, 2.75) is 24.1 Å². The summed E-state index contributed by atoms with van der Waals surface area (Å²) in [5.41, 5.74) is 6.40. The predicted molar refractivity (Wildman–Crippen MR) is 107 cm³/mol. The lowest BCUT2D eigenvalue weighted by molar-refractivity contribution is 0.356. The number of aromatic hydroxyl groups is 1. The number of fused-ring (bicyclic) bond motifs is 4. The van der Waals surface area contributed by atoms with Crippen molar-refractivity contribution in [2.75, 3.05) is 21.2 Å².